The van der Waals surface area contributed by atoms with Crippen LogP contribution in [0.2, 0.25) is 0 Å². The van der Waals surface area contributed by atoms with E-state index in [9.17, 15) is 13.6 Å². The third-order valence-electron chi connectivity index (χ3n) is 0.850. The maximum atomic E-state index is 12.3. The first-order valence-corrected chi connectivity index (χ1v) is 2.82. The highest BCUT2D eigenvalue weighted by molar-refractivity contribution is 5.56. The van der Waals surface area contributed by atoms with E-state index in [4.69, 9.17) is 5.11 Å². The van der Waals surface area contributed by atoms with Crippen molar-refractivity contribution < 1.29 is 23.4 Å². The molecule has 0 amide bonds. The molecule has 0 fully saturated rings. The Morgan fingerprint density at radius 2 is 2.27 bits per heavy atom. The Labute approximate surface area is 62.3 Å². The molecule has 0 spiro atoms. The van der Waals surface area contributed by atoms with Crippen molar-refractivity contribution in [3.8, 4) is 0 Å². The molecule has 5 heteroatoms. The summed E-state index contributed by atoms with van der Waals surface area (Å²) in [6, 6.07) is 0. The Morgan fingerprint density at radius 3 is 2.64 bits per heavy atom. The van der Waals surface area contributed by atoms with Crippen LogP contribution in [-0.4, -0.2) is 23.8 Å². The largest absolute Gasteiger partial charge is 0.505 e. The molecule has 64 valence electrons. The summed E-state index contributed by atoms with van der Waals surface area (Å²) in [5.74, 6) is -3.14. The van der Waals surface area contributed by atoms with E-state index in [0.717, 1.165) is 6.08 Å². The predicted molar refractivity (Wildman–Crippen MR) is 33.7 cm³/mol. The summed E-state index contributed by atoms with van der Waals surface area (Å²) < 4.78 is 28.3. The van der Waals surface area contributed by atoms with Crippen molar-refractivity contribution in [2.45, 2.75) is 12.3 Å². The van der Waals surface area contributed by atoms with Gasteiger partial charge < -0.3 is 9.84 Å². The van der Waals surface area contributed by atoms with Gasteiger partial charge in [-0.2, -0.15) is 0 Å². The van der Waals surface area contributed by atoms with Crippen LogP contribution in [0.1, 0.15) is 6.42 Å². The Bertz CT molecular complexity index is 156. The van der Waals surface area contributed by atoms with Crippen molar-refractivity contribution in [2.75, 3.05) is 6.61 Å². The average molecular weight is 166 g/mol. The lowest BCUT2D eigenvalue weighted by atomic mass is 10.2. The number of hydrogen-bond acceptors (Lipinski definition) is 2. The zero-order valence-corrected chi connectivity index (χ0v) is 5.72. The van der Waals surface area contributed by atoms with Crippen LogP contribution in [0.3, 0.4) is 0 Å². The summed E-state index contributed by atoms with van der Waals surface area (Å²) in [6.07, 6.45) is -1.28. The van der Waals surface area contributed by atoms with E-state index in [1.165, 1.54) is 0 Å². The highest BCUT2D eigenvalue weighted by atomic mass is 19.3. The molecule has 0 bridgehead atoms. The molecule has 0 aromatic rings. The molecule has 0 saturated carbocycles. The monoisotopic (exact) mass is 166 g/mol. The SMILES string of the molecule is C=CCC(F)(F)COC(=O)O. The molecule has 0 aliphatic carbocycles. The second-order valence-electron chi connectivity index (χ2n) is 1.90. The van der Waals surface area contributed by atoms with Crippen molar-refractivity contribution in [1.82, 2.24) is 0 Å². The Kier molecular flexibility index (Phi) is 3.50. The molecule has 0 unspecified atom stereocenters. The highest BCUT2D eigenvalue weighted by Gasteiger charge is 2.28. The van der Waals surface area contributed by atoms with E-state index in [2.05, 4.69) is 11.3 Å². The second kappa shape index (κ2) is 3.90. The number of ether oxygens (including phenoxy) is 1. The molecule has 0 saturated heterocycles. The summed E-state index contributed by atoms with van der Waals surface area (Å²) in [5.41, 5.74) is 0. The molecule has 0 aromatic heterocycles. The van der Waals surface area contributed by atoms with Crippen LogP contribution in [0.5, 0.6) is 0 Å². The summed E-state index contributed by atoms with van der Waals surface area (Å²) in [5, 5.41) is 7.86. The number of hydrogen-bond donors (Lipinski definition) is 1. The number of rotatable bonds is 4. The van der Waals surface area contributed by atoms with Gasteiger partial charge in [0.25, 0.3) is 5.92 Å². The second-order valence-corrected chi connectivity index (χ2v) is 1.90. The summed E-state index contributed by atoms with van der Waals surface area (Å²) >= 11 is 0. The van der Waals surface area contributed by atoms with Crippen molar-refractivity contribution in [2.24, 2.45) is 0 Å². The third-order valence-corrected chi connectivity index (χ3v) is 0.850. The maximum Gasteiger partial charge on any atom is 0.505 e. The Hall–Kier alpha value is -1.13. The van der Waals surface area contributed by atoms with E-state index in [1.807, 2.05) is 0 Å². The zero-order valence-electron chi connectivity index (χ0n) is 5.72. The topological polar surface area (TPSA) is 46.5 Å². The number of alkyl halides is 2. The van der Waals surface area contributed by atoms with Crippen molar-refractivity contribution in [3.05, 3.63) is 12.7 Å². The van der Waals surface area contributed by atoms with Crippen molar-refractivity contribution in [1.29, 1.82) is 0 Å². The van der Waals surface area contributed by atoms with Crippen LogP contribution in [0.15, 0.2) is 12.7 Å². The van der Waals surface area contributed by atoms with Crippen molar-refractivity contribution in [3.63, 3.8) is 0 Å². The number of carbonyl (C=O) groups is 1. The quantitative estimate of drug-likeness (QED) is 0.512. The van der Waals surface area contributed by atoms with Crippen LogP contribution in [-0.2, 0) is 4.74 Å². The molecule has 0 atom stereocenters. The molecular weight excluding hydrogens is 158 g/mol. The van der Waals surface area contributed by atoms with Gasteiger partial charge in [-0.1, -0.05) is 6.08 Å². The van der Waals surface area contributed by atoms with Crippen LogP contribution in [0.25, 0.3) is 0 Å². The average Bonchev–Trinajstić information content (AvgIpc) is 1.84. The summed E-state index contributed by atoms with van der Waals surface area (Å²) in [7, 11) is 0. The first-order chi connectivity index (χ1) is 4.98. The van der Waals surface area contributed by atoms with Gasteiger partial charge in [0.2, 0.25) is 0 Å². The van der Waals surface area contributed by atoms with Gasteiger partial charge in [-0.05, 0) is 0 Å². The lowest BCUT2D eigenvalue weighted by Crippen LogP contribution is -2.24. The van der Waals surface area contributed by atoms with Gasteiger partial charge in [-0.15, -0.1) is 6.58 Å². The molecule has 0 rings (SSSR count). The lowest BCUT2D eigenvalue weighted by molar-refractivity contribution is -0.0609. The zero-order chi connectivity index (χ0) is 8.91. The van der Waals surface area contributed by atoms with Gasteiger partial charge in [-0.25, -0.2) is 13.6 Å². The molecule has 1 N–H and O–H groups in total. The Morgan fingerprint density at radius 1 is 1.73 bits per heavy atom. The molecule has 11 heavy (non-hydrogen) atoms. The number of allylic oxidation sites excluding steroid dienone is 1. The van der Waals surface area contributed by atoms with E-state index in [0.29, 0.717) is 0 Å². The first kappa shape index (κ1) is 9.87. The van der Waals surface area contributed by atoms with Crippen molar-refractivity contribution >= 4 is 6.16 Å². The maximum absolute atomic E-state index is 12.3. The van der Waals surface area contributed by atoms with Gasteiger partial charge in [0.15, 0.2) is 6.61 Å². The van der Waals surface area contributed by atoms with Gasteiger partial charge in [-0.3, -0.25) is 0 Å². The third kappa shape index (κ3) is 5.32. The first-order valence-electron chi connectivity index (χ1n) is 2.82. The molecule has 0 aliphatic rings. The lowest BCUT2D eigenvalue weighted by Gasteiger charge is -2.11. The minimum Gasteiger partial charge on any atom is -0.450 e. The summed E-state index contributed by atoms with van der Waals surface area (Å²) in [4.78, 5) is 9.67. The van der Waals surface area contributed by atoms with Crippen LogP contribution in [0.4, 0.5) is 13.6 Å². The van der Waals surface area contributed by atoms with Crippen LogP contribution >= 0.6 is 0 Å². The fraction of sp³-hybridized carbons (Fsp3) is 0.500. The molecule has 0 aromatic carbocycles. The predicted octanol–water partition coefficient (Wildman–Crippen LogP) is 1.89. The minimum atomic E-state index is -3.14. The highest BCUT2D eigenvalue weighted by Crippen LogP contribution is 2.18. The van der Waals surface area contributed by atoms with Crippen LogP contribution < -0.4 is 0 Å². The number of halogens is 2. The van der Waals surface area contributed by atoms with E-state index < -0.39 is 25.1 Å². The molecular formula is C6H8F2O3. The standard InChI is InChI=1S/C6H8F2O3/c1-2-3-6(7,8)4-11-5(9)10/h2H,1,3-4H2,(H,9,10). The Balaban J connectivity index is 3.71. The van der Waals surface area contributed by atoms with Gasteiger partial charge in [0.1, 0.15) is 0 Å². The summed E-state index contributed by atoms with van der Waals surface area (Å²) in [6.45, 7) is 1.97. The van der Waals surface area contributed by atoms with E-state index >= 15 is 0 Å². The molecule has 0 aliphatic heterocycles. The fourth-order valence-corrected chi connectivity index (χ4v) is 0.437. The smallest absolute Gasteiger partial charge is 0.450 e. The minimum absolute atomic E-state index is 0.583. The van der Waals surface area contributed by atoms with Gasteiger partial charge in [0.05, 0.1) is 0 Å². The van der Waals surface area contributed by atoms with Crippen LogP contribution in [0, 0.1) is 0 Å². The normalized spacial score (nSPS) is 10.7. The fourth-order valence-electron chi connectivity index (χ4n) is 0.437. The molecule has 3 nitrogen and oxygen atoms in total. The van der Waals surface area contributed by atoms with E-state index in [-0.39, 0.29) is 0 Å². The molecule has 0 heterocycles. The molecule has 0 radical (unpaired) electrons. The van der Waals surface area contributed by atoms with Gasteiger partial charge in [0, 0.05) is 6.42 Å². The van der Waals surface area contributed by atoms with E-state index in [1.54, 1.807) is 0 Å². The number of carboxylic acid groups (broad SMARTS) is 1. The van der Waals surface area contributed by atoms with Gasteiger partial charge >= 0.3 is 6.16 Å².